The van der Waals surface area contributed by atoms with Crippen LogP contribution in [0.25, 0.3) is 0 Å². The highest BCUT2D eigenvalue weighted by Gasteiger charge is 2.43. The van der Waals surface area contributed by atoms with E-state index in [0.717, 1.165) is 5.69 Å². The minimum atomic E-state index is -2.99. The third-order valence-corrected chi connectivity index (χ3v) is 6.20. The number of rotatable bonds is 4. The SMILES string of the molecule is C=CCN(C(=S)Nc1ccc(C)cc1)[C@]1(C)CCS(=O)(=O)C1. The summed E-state index contributed by atoms with van der Waals surface area (Å²) in [5.41, 5.74) is 1.59. The molecule has 1 heterocycles. The summed E-state index contributed by atoms with van der Waals surface area (Å²) in [7, 11) is -2.99. The lowest BCUT2D eigenvalue weighted by molar-refractivity contribution is 0.244. The molecule has 1 N–H and O–H groups in total. The summed E-state index contributed by atoms with van der Waals surface area (Å²) in [5.74, 6) is 0.341. The van der Waals surface area contributed by atoms with E-state index in [1.807, 2.05) is 43.0 Å². The number of thiocarbonyl (C=S) groups is 1. The lowest BCUT2D eigenvalue weighted by Crippen LogP contribution is -2.52. The van der Waals surface area contributed by atoms with E-state index in [1.54, 1.807) is 6.08 Å². The van der Waals surface area contributed by atoms with E-state index in [0.29, 0.717) is 18.1 Å². The average Bonchev–Trinajstić information content (AvgIpc) is 2.73. The molecule has 4 nitrogen and oxygen atoms in total. The van der Waals surface area contributed by atoms with Gasteiger partial charge in [0.1, 0.15) is 0 Å². The van der Waals surface area contributed by atoms with Crippen LogP contribution in [0.1, 0.15) is 18.9 Å². The van der Waals surface area contributed by atoms with Crippen LogP contribution in [0, 0.1) is 6.92 Å². The first kappa shape index (κ1) is 17.0. The second-order valence-corrected chi connectivity index (χ2v) is 8.61. The number of hydrogen-bond donors (Lipinski definition) is 1. The summed E-state index contributed by atoms with van der Waals surface area (Å²) in [6.45, 7) is 8.25. The van der Waals surface area contributed by atoms with E-state index in [2.05, 4.69) is 11.9 Å². The zero-order valence-electron chi connectivity index (χ0n) is 13.0. The number of hydrogen-bond acceptors (Lipinski definition) is 3. The third kappa shape index (κ3) is 3.87. The summed E-state index contributed by atoms with van der Waals surface area (Å²) in [5, 5.41) is 3.73. The maximum absolute atomic E-state index is 11.9. The molecule has 0 radical (unpaired) electrons. The van der Waals surface area contributed by atoms with Crippen molar-refractivity contribution in [3.63, 3.8) is 0 Å². The molecule has 1 aliphatic rings. The molecule has 1 saturated heterocycles. The predicted octanol–water partition coefficient (Wildman–Crippen LogP) is 2.76. The fourth-order valence-corrected chi connectivity index (χ4v) is 5.27. The molecule has 6 heteroatoms. The molecule has 1 aromatic carbocycles. The molecule has 0 aromatic heterocycles. The van der Waals surface area contributed by atoms with Gasteiger partial charge in [0.15, 0.2) is 14.9 Å². The van der Waals surface area contributed by atoms with Crippen molar-refractivity contribution in [1.29, 1.82) is 0 Å². The molecule has 120 valence electrons. The molecule has 22 heavy (non-hydrogen) atoms. The molecule has 1 aliphatic heterocycles. The topological polar surface area (TPSA) is 49.4 Å². The first-order valence-corrected chi connectivity index (χ1v) is 9.45. The summed E-state index contributed by atoms with van der Waals surface area (Å²) in [6, 6.07) is 7.93. The van der Waals surface area contributed by atoms with Crippen molar-refractivity contribution in [1.82, 2.24) is 4.90 Å². The highest BCUT2D eigenvalue weighted by atomic mass is 32.2. The largest absolute Gasteiger partial charge is 0.339 e. The van der Waals surface area contributed by atoms with E-state index < -0.39 is 15.4 Å². The van der Waals surface area contributed by atoms with Gasteiger partial charge in [-0.15, -0.1) is 6.58 Å². The smallest absolute Gasteiger partial charge is 0.174 e. The van der Waals surface area contributed by atoms with Gasteiger partial charge in [-0.25, -0.2) is 8.42 Å². The standard InChI is InChI=1S/C16H22N2O2S2/c1-4-10-18(16(3)9-11-22(19,20)12-16)15(21)17-14-7-5-13(2)6-8-14/h4-8H,1,9-12H2,2-3H3,(H,17,21)/t16-/m1/s1. The van der Waals surface area contributed by atoms with E-state index in [4.69, 9.17) is 12.2 Å². The molecule has 1 fully saturated rings. The Kier molecular flexibility index (Phi) is 4.92. The van der Waals surface area contributed by atoms with E-state index in [9.17, 15) is 8.42 Å². The fourth-order valence-electron chi connectivity index (χ4n) is 2.71. The van der Waals surface area contributed by atoms with Crippen molar-refractivity contribution >= 4 is 32.9 Å². The molecule has 0 saturated carbocycles. The Balaban J connectivity index is 2.18. The molecular weight excluding hydrogens is 316 g/mol. The molecule has 0 unspecified atom stereocenters. The van der Waals surface area contributed by atoms with Gasteiger partial charge in [0.25, 0.3) is 0 Å². The predicted molar refractivity (Wildman–Crippen MR) is 96.0 cm³/mol. The number of nitrogens with one attached hydrogen (secondary N) is 1. The summed E-state index contributed by atoms with van der Waals surface area (Å²) < 4.78 is 23.7. The Morgan fingerprint density at radius 1 is 1.45 bits per heavy atom. The Labute approximate surface area is 138 Å². The van der Waals surface area contributed by atoms with Crippen LogP contribution in [0.4, 0.5) is 5.69 Å². The van der Waals surface area contributed by atoms with Gasteiger partial charge < -0.3 is 10.2 Å². The monoisotopic (exact) mass is 338 g/mol. The molecular formula is C16H22N2O2S2. The number of sulfone groups is 1. The summed E-state index contributed by atoms with van der Waals surface area (Å²) in [4.78, 5) is 1.93. The molecule has 1 aromatic rings. The Bertz CT molecular complexity index is 668. The summed E-state index contributed by atoms with van der Waals surface area (Å²) >= 11 is 5.51. The van der Waals surface area contributed by atoms with E-state index in [1.165, 1.54) is 5.56 Å². The lowest BCUT2D eigenvalue weighted by Gasteiger charge is -2.39. The van der Waals surface area contributed by atoms with Crippen LogP contribution in [0.3, 0.4) is 0 Å². The average molecular weight is 338 g/mol. The Hall–Kier alpha value is -1.40. The second kappa shape index (κ2) is 6.38. The number of benzene rings is 1. The lowest BCUT2D eigenvalue weighted by atomic mass is 10.00. The zero-order valence-corrected chi connectivity index (χ0v) is 14.6. The van der Waals surface area contributed by atoms with Gasteiger partial charge >= 0.3 is 0 Å². The highest BCUT2D eigenvalue weighted by Crippen LogP contribution is 2.30. The van der Waals surface area contributed by atoms with Crippen molar-refractivity contribution in [3.05, 3.63) is 42.5 Å². The van der Waals surface area contributed by atoms with Crippen molar-refractivity contribution in [3.8, 4) is 0 Å². The van der Waals surface area contributed by atoms with Crippen molar-refractivity contribution < 1.29 is 8.42 Å². The van der Waals surface area contributed by atoms with Crippen molar-refractivity contribution in [2.75, 3.05) is 23.4 Å². The maximum Gasteiger partial charge on any atom is 0.174 e. The van der Waals surface area contributed by atoms with Crippen LogP contribution < -0.4 is 5.32 Å². The van der Waals surface area contributed by atoms with Crippen LogP contribution in [-0.2, 0) is 9.84 Å². The van der Waals surface area contributed by atoms with Crippen molar-refractivity contribution in [2.24, 2.45) is 0 Å². The first-order chi connectivity index (χ1) is 10.3. The Morgan fingerprint density at radius 3 is 2.59 bits per heavy atom. The van der Waals surface area contributed by atoms with Gasteiger partial charge in [-0.2, -0.15) is 0 Å². The van der Waals surface area contributed by atoms with Gasteiger partial charge in [-0.05, 0) is 44.6 Å². The zero-order chi connectivity index (χ0) is 16.4. The van der Waals surface area contributed by atoms with E-state index in [-0.39, 0.29) is 11.5 Å². The van der Waals surface area contributed by atoms with Crippen LogP contribution in [0.5, 0.6) is 0 Å². The minimum absolute atomic E-state index is 0.129. The fraction of sp³-hybridized carbons (Fsp3) is 0.438. The normalized spacial score (nSPS) is 23.0. The second-order valence-electron chi connectivity index (χ2n) is 6.03. The van der Waals surface area contributed by atoms with E-state index >= 15 is 0 Å². The van der Waals surface area contributed by atoms with Gasteiger partial charge in [0.05, 0.1) is 17.0 Å². The van der Waals surface area contributed by atoms with Gasteiger partial charge in [-0.3, -0.25) is 0 Å². The molecule has 0 spiro atoms. The Morgan fingerprint density at radius 2 is 2.09 bits per heavy atom. The van der Waals surface area contributed by atoms with Crippen LogP contribution in [-0.4, -0.2) is 42.0 Å². The number of anilines is 1. The van der Waals surface area contributed by atoms with Gasteiger partial charge in [0.2, 0.25) is 0 Å². The quantitative estimate of drug-likeness (QED) is 0.676. The van der Waals surface area contributed by atoms with Crippen LogP contribution >= 0.6 is 12.2 Å². The third-order valence-electron chi connectivity index (χ3n) is 3.99. The van der Waals surface area contributed by atoms with Crippen LogP contribution in [0.15, 0.2) is 36.9 Å². The van der Waals surface area contributed by atoms with Crippen LogP contribution in [0.2, 0.25) is 0 Å². The van der Waals surface area contributed by atoms with Gasteiger partial charge in [-0.1, -0.05) is 23.8 Å². The summed E-state index contributed by atoms with van der Waals surface area (Å²) in [6.07, 6.45) is 2.33. The molecule has 1 atom stereocenters. The molecule has 0 bridgehead atoms. The first-order valence-electron chi connectivity index (χ1n) is 7.22. The maximum atomic E-state index is 11.9. The number of aryl methyl sites for hydroxylation is 1. The minimum Gasteiger partial charge on any atom is -0.339 e. The molecule has 0 amide bonds. The number of nitrogens with zero attached hydrogens (tertiary/aromatic N) is 1. The van der Waals surface area contributed by atoms with Gasteiger partial charge in [0, 0.05) is 12.2 Å². The van der Waals surface area contributed by atoms with Crippen molar-refractivity contribution in [2.45, 2.75) is 25.8 Å². The molecule has 2 rings (SSSR count). The molecule has 0 aliphatic carbocycles. The highest BCUT2D eigenvalue weighted by molar-refractivity contribution is 7.91.